The van der Waals surface area contributed by atoms with E-state index in [0.717, 1.165) is 0 Å². The summed E-state index contributed by atoms with van der Waals surface area (Å²) in [4.78, 5) is 10.6. The maximum Gasteiger partial charge on any atom is 0.256 e. The maximum atomic E-state index is 10.6. The molecule has 2 nitrogen and oxygen atoms in total. The molecular formula is C4H6ClNOS. The zero-order valence-electron chi connectivity index (χ0n) is 4.34. The van der Waals surface area contributed by atoms with Crippen molar-refractivity contribution in [3.63, 3.8) is 0 Å². The molecule has 1 unspecified atom stereocenters. The Balaban J connectivity index is 2.69. The summed E-state index contributed by atoms with van der Waals surface area (Å²) in [5.41, 5.74) is 0. The van der Waals surface area contributed by atoms with Gasteiger partial charge in [-0.15, -0.1) is 0 Å². The molecule has 0 aliphatic carbocycles. The standard InChI is InChI=1S/C4H6ClNOS/c1-6-4(7)2-3-8(6)5/h2-3,8H,1H3. The largest absolute Gasteiger partial charge is 0.291 e. The molecule has 0 saturated heterocycles. The average molecular weight is 152 g/mol. The number of rotatable bonds is 0. The number of carbonyl (C=O) groups is 1. The first-order chi connectivity index (χ1) is 3.72. The van der Waals surface area contributed by atoms with Gasteiger partial charge < -0.3 is 0 Å². The Morgan fingerprint density at radius 3 is 2.62 bits per heavy atom. The van der Waals surface area contributed by atoms with E-state index in [9.17, 15) is 4.79 Å². The van der Waals surface area contributed by atoms with E-state index in [0.29, 0.717) is 0 Å². The topological polar surface area (TPSA) is 20.3 Å². The Hall–Kier alpha value is -0.150. The zero-order chi connectivity index (χ0) is 6.15. The molecule has 0 radical (unpaired) electrons. The second kappa shape index (κ2) is 1.99. The van der Waals surface area contributed by atoms with Crippen LogP contribution in [-0.4, -0.2) is 17.3 Å². The van der Waals surface area contributed by atoms with Crippen molar-refractivity contribution >= 4 is 26.9 Å². The molecule has 1 rings (SSSR count). The number of thiol groups is 1. The highest BCUT2D eigenvalue weighted by atomic mass is 35.7. The minimum Gasteiger partial charge on any atom is -0.291 e. The molecular weight excluding hydrogens is 146 g/mol. The summed E-state index contributed by atoms with van der Waals surface area (Å²) in [5.74, 6) is 0.00566. The fourth-order valence-electron chi connectivity index (χ4n) is 0.427. The van der Waals surface area contributed by atoms with Gasteiger partial charge in [0.05, 0.1) is 0 Å². The molecule has 0 saturated carbocycles. The molecule has 1 atom stereocenters. The van der Waals surface area contributed by atoms with Crippen molar-refractivity contribution in [2.24, 2.45) is 0 Å². The first-order valence-electron chi connectivity index (χ1n) is 2.12. The van der Waals surface area contributed by atoms with Crippen LogP contribution in [0.5, 0.6) is 0 Å². The quantitative estimate of drug-likeness (QED) is 0.513. The van der Waals surface area contributed by atoms with Crippen LogP contribution in [0, 0.1) is 0 Å². The normalized spacial score (nSPS) is 32.0. The Morgan fingerprint density at radius 2 is 2.50 bits per heavy atom. The van der Waals surface area contributed by atoms with E-state index >= 15 is 0 Å². The lowest BCUT2D eigenvalue weighted by Gasteiger charge is -2.14. The van der Waals surface area contributed by atoms with Crippen LogP contribution in [0.15, 0.2) is 11.5 Å². The van der Waals surface area contributed by atoms with E-state index in [1.807, 2.05) is 0 Å². The summed E-state index contributed by atoms with van der Waals surface area (Å²) >= 11 is 0. The van der Waals surface area contributed by atoms with Crippen LogP contribution in [0.1, 0.15) is 0 Å². The smallest absolute Gasteiger partial charge is 0.256 e. The fourth-order valence-corrected chi connectivity index (χ4v) is 1.53. The number of amides is 1. The molecule has 1 aliphatic rings. The predicted octanol–water partition coefficient (Wildman–Crippen LogP) is 1.04. The summed E-state index contributed by atoms with van der Waals surface area (Å²) in [6.07, 6.45) is 1.50. The van der Waals surface area contributed by atoms with Crippen LogP contribution in [0.3, 0.4) is 0 Å². The maximum absolute atomic E-state index is 10.6. The molecule has 8 heavy (non-hydrogen) atoms. The van der Waals surface area contributed by atoms with Crippen molar-refractivity contribution in [3.05, 3.63) is 11.5 Å². The predicted molar refractivity (Wildman–Crippen MR) is 36.7 cm³/mol. The lowest BCUT2D eigenvalue weighted by atomic mass is 10.6. The van der Waals surface area contributed by atoms with Crippen LogP contribution in [0.2, 0.25) is 0 Å². The summed E-state index contributed by atoms with van der Waals surface area (Å²) in [7, 11) is 6.55. The lowest BCUT2D eigenvalue weighted by Crippen LogP contribution is -2.13. The summed E-state index contributed by atoms with van der Waals surface area (Å²) in [5, 5.41) is 1.72. The minimum absolute atomic E-state index is 0.00566. The second-order valence-electron chi connectivity index (χ2n) is 1.47. The highest BCUT2D eigenvalue weighted by molar-refractivity contribution is 8.37. The van der Waals surface area contributed by atoms with E-state index < -0.39 is 10.3 Å². The molecule has 0 bridgehead atoms. The Labute approximate surface area is 55.1 Å². The number of carbonyl (C=O) groups excluding carboxylic acids is 1. The van der Waals surface area contributed by atoms with Gasteiger partial charge >= 0.3 is 0 Å². The van der Waals surface area contributed by atoms with Crippen molar-refractivity contribution in [1.29, 1.82) is 0 Å². The van der Waals surface area contributed by atoms with E-state index in [1.54, 1.807) is 12.5 Å². The molecule has 1 heterocycles. The van der Waals surface area contributed by atoms with Crippen LogP contribution in [-0.2, 0) is 4.79 Å². The second-order valence-corrected chi connectivity index (χ2v) is 3.98. The van der Waals surface area contributed by atoms with Gasteiger partial charge in [0.15, 0.2) is 0 Å². The fraction of sp³-hybridized carbons (Fsp3) is 0.250. The van der Waals surface area contributed by atoms with Gasteiger partial charge in [0.1, 0.15) is 0 Å². The number of nitrogens with zero attached hydrogens (tertiary/aromatic N) is 1. The first kappa shape index (κ1) is 5.98. The third kappa shape index (κ3) is 0.833. The van der Waals surface area contributed by atoms with Crippen molar-refractivity contribution in [2.75, 3.05) is 7.05 Å². The van der Waals surface area contributed by atoms with Gasteiger partial charge in [0, 0.05) is 13.1 Å². The summed E-state index contributed by atoms with van der Waals surface area (Å²) in [6, 6.07) is 0. The number of halogens is 1. The van der Waals surface area contributed by atoms with Gasteiger partial charge in [-0.1, -0.05) is 10.3 Å². The van der Waals surface area contributed by atoms with Crippen LogP contribution in [0.25, 0.3) is 0 Å². The average Bonchev–Trinajstić information content (AvgIpc) is 1.98. The SMILES string of the molecule is CN1C(=O)C=C[SH]1Cl. The molecule has 0 aromatic rings. The van der Waals surface area contributed by atoms with Crippen LogP contribution < -0.4 is 0 Å². The molecule has 0 aromatic carbocycles. The monoisotopic (exact) mass is 151 g/mol. The van der Waals surface area contributed by atoms with Crippen molar-refractivity contribution in [3.8, 4) is 0 Å². The third-order valence-corrected chi connectivity index (χ3v) is 3.13. The van der Waals surface area contributed by atoms with Crippen molar-refractivity contribution in [2.45, 2.75) is 0 Å². The highest BCUT2D eigenvalue weighted by Gasteiger charge is 2.14. The van der Waals surface area contributed by atoms with Gasteiger partial charge in [0.25, 0.3) is 5.91 Å². The summed E-state index contributed by atoms with van der Waals surface area (Å²) < 4.78 is 1.52. The first-order valence-corrected chi connectivity index (χ1v) is 4.39. The third-order valence-electron chi connectivity index (χ3n) is 0.946. The minimum atomic E-state index is -0.790. The van der Waals surface area contributed by atoms with Gasteiger partial charge in [-0.25, -0.2) is 0 Å². The molecule has 46 valence electrons. The lowest BCUT2D eigenvalue weighted by molar-refractivity contribution is -0.120. The molecule has 4 heteroatoms. The molecule has 0 spiro atoms. The van der Waals surface area contributed by atoms with Crippen molar-refractivity contribution in [1.82, 2.24) is 4.31 Å². The number of likely N-dealkylation sites (N-methyl/N-ethyl adjacent to an activating group) is 1. The van der Waals surface area contributed by atoms with E-state index in [-0.39, 0.29) is 5.91 Å². The van der Waals surface area contributed by atoms with E-state index in [1.165, 1.54) is 10.4 Å². The van der Waals surface area contributed by atoms with Gasteiger partial charge in [-0.3, -0.25) is 9.10 Å². The van der Waals surface area contributed by atoms with E-state index in [2.05, 4.69) is 0 Å². The number of hydrogen-bond acceptors (Lipinski definition) is 1. The molecule has 0 aromatic heterocycles. The highest BCUT2D eigenvalue weighted by Crippen LogP contribution is 2.39. The molecule has 1 amide bonds. The molecule has 0 fully saturated rings. The number of hydrogen-bond donors (Lipinski definition) is 1. The zero-order valence-corrected chi connectivity index (χ0v) is 5.99. The van der Waals surface area contributed by atoms with Crippen molar-refractivity contribution < 1.29 is 4.79 Å². The summed E-state index contributed by atoms with van der Waals surface area (Å²) in [6.45, 7) is 0. The molecule has 0 N–H and O–H groups in total. The van der Waals surface area contributed by atoms with Crippen LogP contribution >= 0.6 is 21.0 Å². The van der Waals surface area contributed by atoms with E-state index in [4.69, 9.17) is 10.7 Å². The van der Waals surface area contributed by atoms with Gasteiger partial charge in [-0.2, -0.15) is 0 Å². The Morgan fingerprint density at radius 1 is 1.88 bits per heavy atom. The Bertz CT molecular complexity index is 147. The molecule has 1 aliphatic heterocycles. The van der Waals surface area contributed by atoms with Gasteiger partial charge in [0.2, 0.25) is 0 Å². The van der Waals surface area contributed by atoms with Gasteiger partial charge in [-0.05, 0) is 16.1 Å². The Kier molecular flexibility index (Phi) is 1.49. The van der Waals surface area contributed by atoms with Crippen LogP contribution in [0.4, 0.5) is 0 Å².